The van der Waals surface area contributed by atoms with Crippen LogP contribution in [0, 0.1) is 6.92 Å². The summed E-state index contributed by atoms with van der Waals surface area (Å²) in [4.78, 5) is 14.2. The number of nitrogens with one attached hydrogen (secondary N) is 1. The number of carbonyl (C=O) groups excluding carboxylic acids is 1. The molecule has 0 spiro atoms. The number of allylic oxidation sites excluding steroid dienone is 1. The molecule has 2 heterocycles. The molecule has 1 unspecified atom stereocenters. The summed E-state index contributed by atoms with van der Waals surface area (Å²) in [7, 11) is 1.71. The van der Waals surface area contributed by atoms with Crippen LogP contribution in [-0.2, 0) is 17.9 Å². The molecule has 2 rings (SSSR count). The maximum absolute atomic E-state index is 12.0. The van der Waals surface area contributed by atoms with Crippen LogP contribution in [0.4, 0.5) is 0 Å². The van der Waals surface area contributed by atoms with Gasteiger partial charge in [-0.15, -0.1) is 6.58 Å². The first-order valence-corrected chi connectivity index (χ1v) is 7.25. The number of likely N-dealkylation sites (tertiary alicyclic amines) is 1. The topological polar surface area (TPSA) is 50.2 Å². The van der Waals surface area contributed by atoms with Gasteiger partial charge >= 0.3 is 0 Å². The zero-order valence-electron chi connectivity index (χ0n) is 12.4. The minimum Gasteiger partial charge on any atom is -0.358 e. The van der Waals surface area contributed by atoms with Crippen molar-refractivity contribution in [3.8, 4) is 0 Å². The van der Waals surface area contributed by atoms with Gasteiger partial charge in [0.25, 0.3) is 0 Å². The summed E-state index contributed by atoms with van der Waals surface area (Å²) < 4.78 is 1.90. The zero-order valence-corrected chi connectivity index (χ0v) is 12.4. The van der Waals surface area contributed by atoms with E-state index in [2.05, 4.69) is 28.1 Å². The Hall–Kier alpha value is -1.62. The summed E-state index contributed by atoms with van der Waals surface area (Å²) >= 11 is 0. The number of aromatic nitrogens is 2. The first-order chi connectivity index (χ1) is 9.65. The predicted octanol–water partition coefficient (Wildman–Crippen LogP) is 1.48. The Morgan fingerprint density at radius 1 is 1.60 bits per heavy atom. The molecule has 20 heavy (non-hydrogen) atoms. The van der Waals surface area contributed by atoms with E-state index in [-0.39, 0.29) is 11.9 Å². The number of hydrogen-bond donors (Lipinski definition) is 1. The smallest absolute Gasteiger partial charge is 0.237 e. The first-order valence-electron chi connectivity index (χ1n) is 7.25. The quantitative estimate of drug-likeness (QED) is 0.829. The van der Waals surface area contributed by atoms with Crippen molar-refractivity contribution in [3.05, 3.63) is 30.1 Å². The molecule has 1 aromatic rings. The van der Waals surface area contributed by atoms with E-state index in [1.807, 2.05) is 17.7 Å². The monoisotopic (exact) mass is 276 g/mol. The lowest BCUT2D eigenvalue weighted by Crippen LogP contribution is -2.48. The summed E-state index contributed by atoms with van der Waals surface area (Å²) in [5.41, 5.74) is 2.23. The van der Waals surface area contributed by atoms with Gasteiger partial charge in [0.05, 0.1) is 18.3 Å². The molecule has 5 nitrogen and oxygen atoms in total. The second-order valence-corrected chi connectivity index (χ2v) is 5.35. The third-order valence-electron chi connectivity index (χ3n) is 3.90. The van der Waals surface area contributed by atoms with Gasteiger partial charge in [0, 0.05) is 25.4 Å². The van der Waals surface area contributed by atoms with E-state index < -0.39 is 0 Å². The largest absolute Gasteiger partial charge is 0.358 e. The molecule has 1 fully saturated rings. The van der Waals surface area contributed by atoms with Crippen molar-refractivity contribution in [3.63, 3.8) is 0 Å². The van der Waals surface area contributed by atoms with E-state index in [0.717, 1.165) is 44.6 Å². The summed E-state index contributed by atoms with van der Waals surface area (Å²) in [5.74, 6) is 0.126. The second kappa shape index (κ2) is 6.70. The Balaban J connectivity index is 2.10. The summed E-state index contributed by atoms with van der Waals surface area (Å²) in [6.45, 7) is 8.25. The van der Waals surface area contributed by atoms with Crippen LogP contribution >= 0.6 is 0 Å². The molecule has 1 N–H and O–H groups in total. The maximum Gasteiger partial charge on any atom is 0.237 e. The van der Waals surface area contributed by atoms with Crippen molar-refractivity contribution >= 4 is 5.91 Å². The normalized spacial score (nSPS) is 19.8. The molecule has 1 atom stereocenters. The predicted molar refractivity (Wildman–Crippen MR) is 79.3 cm³/mol. The number of carbonyl (C=O) groups is 1. The van der Waals surface area contributed by atoms with Crippen LogP contribution in [0.5, 0.6) is 0 Å². The third-order valence-corrected chi connectivity index (χ3v) is 3.90. The van der Waals surface area contributed by atoms with Gasteiger partial charge in [-0.3, -0.25) is 14.4 Å². The van der Waals surface area contributed by atoms with Gasteiger partial charge in [-0.05, 0) is 26.3 Å². The minimum absolute atomic E-state index is 0.00379. The second-order valence-electron chi connectivity index (χ2n) is 5.35. The average Bonchev–Trinajstić information content (AvgIpc) is 2.79. The van der Waals surface area contributed by atoms with Crippen molar-refractivity contribution in [1.82, 2.24) is 20.0 Å². The number of nitrogens with zero attached hydrogens (tertiary/aromatic N) is 3. The van der Waals surface area contributed by atoms with Crippen LogP contribution in [0.2, 0.25) is 0 Å². The van der Waals surface area contributed by atoms with Crippen LogP contribution < -0.4 is 5.32 Å². The van der Waals surface area contributed by atoms with E-state index in [9.17, 15) is 4.79 Å². The molecular weight excluding hydrogens is 252 g/mol. The lowest BCUT2D eigenvalue weighted by atomic mass is 10.0. The van der Waals surface area contributed by atoms with Gasteiger partial charge < -0.3 is 5.32 Å². The number of hydrogen-bond acceptors (Lipinski definition) is 3. The Kier molecular flexibility index (Phi) is 4.95. The average molecular weight is 276 g/mol. The fourth-order valence-electron chi connectivity index (χ4n) is 2.80. The van der Waals surface area contributed by atoms with Crippen LogP contribution in [0.15, 0.2) is 18.9 Å². The van der Waals surface area contributed by atoms with Crippen LogP contribution in [-0.4, -0.2) is 40.2 Å². The van der Waals surface area contributed by atoms with Gasteiger partial charge in [0.1, 0.15) is 0 Å². The third kappa shape index (κ3) is 3.28. The molecule has 1 amide bonds. The number of aryl methyl sites for hydroxylation is 1. The van der Waals surface area contributed by atoms with E-state index in [0.29, 0.717) is 0 Å². The highest BCUT2D eigenvalue weighted by molar-refractivity contribution is 5.81. The maximum atomic E-state index is 12.0. The molecular formula is C15H24N4O. The molecule has 0 bridgehead atoms. The molecule has 0 aromatic carbocycles. The highest BCUT2D eigenvalue weighted by Gasteiger charge is 2.28. The molecule has 0 aliphatic carbocycles. The highest BCUT2D eigenvalue weighted by atomic mass is 16.2. The Bertz CT molecular complexity index is 480. The van der Waals surface area contributed by atoms with Crippen molar-refractivity contribution in [1.29, 1.82) is 0 Å². The molecule has 1 saturated heterocycles. The molecule has 1 aliphatic rings. The van der Waals surface area contributed by atoms with E-state index >= 15 is 0 Å². The number of piperidine rings is 1. The molecule has 5 heteroatoms. The molecule has 1 aliphatic heterocycles. The van der Waals surface area contributed by atoms with Gasteiger partial charge in [0.2, 0.25) is 5.91 Å². The lowest BCUT2D eigenvalue weighted by molar-refractivity contribution is -0.127. The van der Waals surface area contributed by atoms with Crippen molar-refractivity contribution in [2.75, 3.05) is 13.6 Å². The van der Waals surface area contributed by atoms with Crippen molar-refractivity contribution in [2.24, 2.45) is 0 Å². The van der Waals surface area contributed by atoms with E-state index in [1.54, 1.807) is 7.05 Å². The fourth-order valence-corrected chi connectivity index (χ4v) is 2.80. The Morgan fingerprint density at radius 2 is 2.40 bits per heavy atom. The molecule has 0 saturated carbocycles. The summed E-state index contributed by atoms with van der Waals surface area (Å²) in [5, 5.41) is 7.25. The fraction of sp³-hybridized carbons (Fsp3) is 0.600. The SMILES string of the molecule is C=CCn1cc(CN2CCCCC2C(=O)NC)c(C)n1. The highest BCUT2D eigenvalue weighted by Crippen LogP contribution is 2.20. The zero-order chi connectivity index (χ0) is 14.5. The first kappa shape index (κ1) is 14.8. The number of amides is 1. The number of rotatable bonds is 5. The van der Waals surface area contributed by atoms with Crippen molar-refractivity contribution in [2.45, 2.75) is 45.3 Å². The van der Waals surface area contributed by atoms with Gasteiger partial charge in [-0.2, -0.15) is 5.10 Å². The van der Waals surface area contributed by atoms with E-state index in [1.165, 1.54) is 5.56 Å². The van der Waals surface area contributed by atoms with Gasteiger partial charge in [-0.25, -0.2) is 0 Å². The molecule has 1 aromatic heterocycles. The molecule has 0 radical (unpaired) electrons. The minimum atomic E-state index is -0.00379. The van der Waals surface area contributed by atoms with Crippen LogP contribution in [0.1, 0.15) is 30.5 Å². The number of likely N-dealkylation sites (N-methyl/N-ethyl adjacent to an activating group) is 1. The Labute approximate surface area is 120 Å². The van der Waals surface area contributed by atoms with Gasteiger partial charge in [0.15, 0.2) is 0 Å². The summed E-state index contributed by atoms with van der Waals surface area (Å²) in [6, 6.07) is -0.00379. The van der Waals surface area contributed by atoms with Crippen LogP contribution in [0.25, 0.3) is 0 Å². The summed E-state index contributed by atoms with van der Waals surface area (Å²) in [6.07, 6.45) is 7.13. The lowest BCUT2D eigenvalue weighted by Gasteiger charge is -2.34. The standard InChI is InChI=1S/C15H24N4O/c1-4-8-19-11-13(12(2)17-19)10-18-9-6-5-7-14(18)15(20)16-3/h4,11,14H,1,5-10H2,2-3H3,(H,16,20). The Morgan fingerprint density at radius 3 is 3.10 bits per heavy atom. The van der Waals surface area contributed by atoms with E-state index in [4.69, 9.17) is 0 Å². The van der Waals surface area contributed by atoms with Crippen molar-refractivity contribution < 1.29 is 4.79 Å². The molecule has 110 valence electrons. The van der Waals surface area contributed by atoms with Crippen LogP contribution in [0.3, 0.4) is 0 Å². The van der Waals surface area contributed by atoms with Gasteiger partial charge in [-0.1, -0.05) is 12.5 Å².